The lowest BCUT2D eigenvalue weighted by atomic mass is 10.1. The van der Waals surface area contributed by atoms with Crippen molar-refractivity contribution >= 4 is 0 Å². The fraction of sp³-hybridized carbons (Fsp3) is 0.333. The summed E-state index contributed by atoms with van der Waals surface area (Å²) in [5.41, 5.74) is 2.37. The molecule has 0 spiro atoms. The molecule has 0 amide bonds. The van der Waals surface area contributed by atoms with E-state index in [4.69, 9.17) is 9.47 Å². The molecule has 0 fully saturated rings. The SMILES string of the molecule is Cc1ccc2c(c1)OCOC2. The third kappa shape index (κ3) is 1.21. The summed E-state index contributed by atoms with van der Waals surface area (Å²) in [6.45, 7) is 3.12. The molecule has 0 radical (unpaired) electrons. The predicted molar refractivity (Wildman–Crippen MR) is 41.5 cm³/mol. The van der Waals surface area contributed by atoms with Gasteiger partial charge in [-0.15, -0.1) is 0 Å². The van der Waals surface area contributed by atoms with Crippen LogP contribution in [0.15, 0.2) is 18.2 Å². The minimum atomic E-state index is 0.385. The highest BCUT2D eigenvalue weighted by atomic mass is 16.7. The molecule has 2 rings (SSSR count). The highest BCUT2D eigenvalue weighted by molar-refractivity contribution is 5.37. The molecular formula is C9H10O2. The Labute approximate surface area is 65.7 Å². The van der Waals surface area contributed by atoms with E-state index < -0.39 is 0 Å². The lowest BCUT2D eigenvalue weighted by molar-refractivity contribution is -0.0164. The molecule has 0 saturated heterocycles. The average molecular weight is 150 g/mol. The van der Waals surface area contributed by atoms with Gasteiger partial charge in [0.2, 0.25) is 0 Å². The molecule has 1 aromatic rings. The van der Waals surface area contributed by atoms with E-state index in [0.29, 0.717) is 13.4 Å². The Hall–Kier alpha value is -1.02. The summed E-state index contributed by atoms with van der Waals surface area (Å²) in [5, 5.41) is 0. The van der Waals surface area contributed by atoms with Crippen molar-refractivity contribution in [2.75, 3.05) is 6.79 Å². The summed E-state index contributed by atoms with van der Waals surface area (Å²) in [5.74, 6) is 0.969. The second-order valence-corrected chi connectivity index (χ2v) is 2.72. The number of hydrogen-bond acceptors (Lipinski definition) is 2. The van der Waals surface area contributed by atoms with Crippen molar-refractivity contribution in [3.63, 3.8) is 0 Å². The predicted octanol–water partition coefficient (Wildman–Crippen LogP) is 1.86. The quantitative estimate of drug-likeness (QED) is 0.562. The second kappa shape index (κ2) is 2.55. The van der Waals surface area contributed by atoms with E-state index in [0.717, 1.165) is 11.3 Å². The van der Waals surface area contributed by atoms with Gasteiger partial charge in [-0.2, -0.15) is 0 Å². The molecule has 0 N–H and O–H groups in total. The topological polar surface area (TPSA) is 18.5 Å². The van der Waals surface area contributed by atoms with Crippen LogP contribution in [0.2, 0.25) is 0 Å². The van der Waals surface area contributed by atoms with E-state index in [-0.39, 0.29) is 0 Å². The van der Waals surface area contributed by atoms with Crippen LogP contribution in [0.4, 0.5) is 0 Å². The monoisotopic (exact) mass is 150 g/mol. The van der Waals surface area contributed by atoms with Crippen LogP contribution in [0.5, 0.6) is 5.75 Å². The summed E-state index contributed by atoms with van der Waals surface area (Å²) in [4.78, 5) is 0. The lowest BCUT2D eigenvalue weighted by Crippen LogP contribution is -2.10. The largest absolute Gasteiger partial charge is 0.467 e. The average Bonchev–Trinajstić information content (AvgIpc) is 2.04. The van der Waals surface area contributed by atoms with Gasteiger partial charge < -0.3 is 9.47 Å². The zero-order valence-electron chi connectivity index (χ0n) is 6.46. The van der Waals surface area contributed by atoms with Crippen molar-refractivity contribution in [1.29, 1.82) is 0 Å². The molecule has 0 bridgehead atoms. The molecular weight excluding hydrogens is 140 g/mol. The van der Waals surface area contributed by atoms with Gasteiger partial charge in [-0.1, -0.05) is 12.1 Å². The number of aryl methyl sites for hydroxylation is 1. The third-order valence-electron chi connectivity index (χ3n) is 1.78. The summed E-state index contributed by atoms with van der Waals surface area (Å²) in [7, 11) is 0. The van der Waals surface area contributed by atoms with E-state index >= 15 is 0 Å². The molecule has 0 atom stereocenters. The first-order valence-electron chi connectivity index (χ1n) is 3.66. The van der Waals surface area contributed by atoms with Crippen molar-refractivity contribution in [2.45, 2.75) is 13.5 Å². The molecule has 0 aromatic heterocycles. The van der Waals surface area contributed by atoms with Gasteiger partial charge in [0.1, 0.15) is 5.75 Å². The van der Waals surface area contributed by atoms with E-state index in [9.17, 15) is 0 Å². The van der Waals surface area contributed by atoms with Gasteiger partial charge in [-0.05, 0) is 18.6 Å². The minimum absolute atomic E-state index is 0.385. The van der Waals surface area contributed by atoms with Crippen LogP contribution in [0.1, 0.15) is 11.1 Å². The number of ether oxygens (including phenoxy) is 2. The van der Waals surface area contributed by atoms with E-state index in [2.05, 4.69) is 13.0 Å². The molecule has 1 aliphatic rings. The number of rotatable bonds is 0. The maximum Gasteiger partial charge on any atom is 0.189 e. The highest BCUT2D eigenvalue weighted by Crippen LogP contribution is 2.23. The van der Waals surface area contributed by atoms with Crippen LogP contribution < -0.4 is 4.74 Å². The van der Waals surface area contributed by atoms with Gasteiger partial charge in [0.25, 0.3) is 0 Å². The maximum absolute atomic E-state index is 5.28. The van der Waals surface area contributed by atoms with E-state index in [1.807, 2.05) is 12.1 Å². The molecule has 2 heteroatoms. The minimum Gasteiger partial charge on any atom is -0.467 e. The first kappa shape index (κ1) is 6.68. The van der Waals surface area contributed by atoms with Crippen LogP contribution >= 0.6 is 0 Å². The summed E-state index contributed by atoms with van der Waals surface area (Å²) >= 11 is 0. The van der Waals surface area contributed by atoms with Crippen molar-refractivity contribution < 1.29 is 9.47 Å². The van der Waals surface area contributed by atoms with Gasteiger partial charge in [-0.3, -0.25) is 0 Å². The van der Waals surface area contributed by atoms with E-state index in [1.165, 1.54) is 5.56 Å². The first-order valence-corrected chi connectivity index (χ1v) is 3.66. The highest BCUT2D eigenvalue weighted by Gasteiger charge is 2.08. The van der Waals surface area contributed by atoms with Gasteiger partial charge in [0.05, 0.1) is 6.61 Å². The summed E-state index contributed by atoms with van der Waals surface area (Å²) in [6, 6.07) is 6.15. The zero-order chi connectivity index (χ0) is 7.68. The fourth-order valence-corrected chi connectivity index (χ4v) is 1.17. The van der Waals surface area contributed by atoms with Crippen molar-refractivity contribution in [3.8, 4) is 5.75 Å². The Balaban J connectivity index is 2.43. The Morgan fingerprint density at radius 1 is 1.36 bits per heavy atom. The smallest absolute Gasteiger partial charge is 0.189 e. The van der Waals surface area contributed by atoms with Gasteiger partial charge in [0.15, 0.2) is 6.79 Å². The number of benzene rings is 1. The molecule has 0 unspecified atom stereocenters. The second-order valence-electron chi connectivity index (χ2n) is 2.72. The van der Waals surface area contributed by atoms with Crippen molar-refractivity contribution in [3.05, 3.63) is 29.3 Å². The molecule has 0 saturated carbocycles. The number of fused-ring (bicyclic) bond motifs is 1. The van der Waals surface area contributed by atoms with Crippen LogP contribution in [0, 0.1) is 6.92 Å². The van der Waals surface area contributed by atoms with Crippen molar-refractivity contribution in [1.82, 2.24) is 0 Å². The molecule has 58 valence electrons. The zero-order valence-corrected chi connectivity index (χ0v) is 6.46. The standard InChI is InChI=1S/C9H10O2/c1-7-2-3-8-5-10-6-11-9(8)4-7/h2-4H,5-6H2,1H3. The lowest BCUT2D eigenvalue weighted by Gasteiger charge is -2.17. The van der Waals surface area contributed by atoms with E-state index in [1.54, 1.807) is 0 Å². The molecule has 2 nitrogen and oxygen atoms in total. The Morgan fingerprint density at radius 3 is 3.18 bits per heavy atom. The molecule has 1 aromatic carbocycles. The van der Waals surface area contributed by atoms with Crippen LogP contribution in [0.25, 0.3) is 0 Å². The Kier molecular flexibility index (Phi) is 1.55. The maximum atomic E-state index is 5.28. The van der Waals surface area contributed by atoms with Gasteiger partial charge in [0, 0.05) is 5.56 Å². The van der Waals surface area contributed by atoms with Gasteiger partial charge in [-0.25, -0.2) is 0 Å². The number of hydrogen-bond donors (Lipinski definition) is 0. The van der Waals surface area contributed by atoms with Crippen LogP contribution in [-0.2, 0) is 11.3 Å². The van der Waals surface area contributed by atoms with Crippen molar-refractivity contribution in [2.24, 2.45) is 0 Å². The summed E-state index contributed by atoms with van der Waals surface area (Å²) < 4.78 is 10.4. The molecule has 1 aliphatic heterocycles. The van der Waals surface area contributed by atoms with Gasteiger partial charge >= 0.3 is 0 Å². The summed E-state index contributed by atoms with van der Waals surface area (Å²) in [6.07, 6.45) is 0. The fourth-order valence-electron chi connectivity index (χ4n) is 1.17. The molecule has 11 heavy (non-hydrogen) atoms. The molecule has 1 heterocycles. The molecule has 0 aliphatic carbocycles. The third-order valence-corrected chi connectivity index (χ3v) is 1.78. The van der Waals surface area contributed by atoms with Crippen LogP contribution in [-0.4, -0.2) is 6.79 Å². The first-order chi connectivity index (χ1) is 5.36. The Bertz CT molecular complexity index is 268. The normalized spacial score (nSPS) is 15.4. The van der Waals surface area contributed by atoms with Crippen LogP contribution in [0.3, 0.4) is 0 Å². The Morgan fingerprint density at radius 2 is 2.27 bits per heavy atom.